The van der Waals surface area contributed by atoms with E-state index in [0.717, 1.165) is 6.54 Å². The van der Waals surface area contributed by atoms with E-state index in [4.69, 9.17) is 0 Å². The molecule has 2 rings (SSSR count). The molecule has 13 heavy (non-hydrogen) atoms. The highest BCUT2D eigenvalue weighted by Crippen LogP contribution is 2.32. The van der Waals surface area contributed by atoms with Gasteiger partial charge in [0.1, 0.15) is 0 Å². The summed E-state index contributed by atoms with van der Waals surface area (Å²) in [4.78, 5) is 0. The first-order chi connectivity index (χ1) is 6.38. The van der Waals surface area contributed by atoms with E-state index in [1.165, 1.54) is 44.9 Å². The molecule has 1 saturated heterocycles. The summed E-state index contributed by atoms with van der Waals surface area (Å²) in [6.07, 6.45) is 8.85. The highest BCUT2D eigenvalue weighted by atomic mass is 16.3. The van der Waals surface area contributed by atoms with Crippen molar-refractivity contribution in [3.05, 3.63) is 0 Å². The van der Waals surface area contributed by atoms with Crippen molar-refractivity contribution < 1.29 is 5.11 Å². The van der Waals surface area contributed by atoms with E-state index < -0.39 is 0 Å². The Morgan fingerprint density at radius 3 is 2.54 bits per heavy atom. The Morgan fingerprint density at radius 2 is 1.85 bits per heavy atom. The van der Waals surface area contributed by atoms with Crippen LogP contribution in [-0.2, 0) is 0 Å². The first-order valence-electron chi connectivity index (χ1n) is 5.79. The molecule has 2 nitrogen and oxygen atoms in total. The van der Waals surface area contributed by atoms with Crippen molar-refractivity contribution in [1.82, 2.24) is 5.32 Å². The molecule has 0 aromatic carbocycles. The average molecular weight is 183 g/mol. The topological polar surface area (TPSA) is 32.3 Å². The number of nitrogens with one attached hydrogen (secondary N) is 1. The molecule has 2 fully saturated rings. The molecule has 0 amide bonds. The molecular weight excluding hydrogens is 162 g/mol. The second-order valence-electron chi connectivity index (χ2n) is 4.59. The number of aliphatic hydroxyl groups is 1. The van der Waals surface area contributed by atoms with Crippen LogP contribution in [0.4, 0.5) is 0 Å². The maximum atomic E-state index is 10.1. The predicted molar refractivity (Wildman–Crippen MR) is 53.6 cm³/mol. The van der Waals surface area contributed by atoms with Crippen LogP contribution >= 0.6 is 0 Å². The largest absolute Gasteiger partial charge is 0.391 e. The minimum Gasteiger partial charge on any atom is -0.391 e. The van der Waals surface area contributed by atoms with Crippen molar-refractivity contribution in [3.63, 3.8) is 0 Å². The maximum Gasteiger partial charge on any atom is 0.0721 e. The lowest BCUT2D eigenvalue weighted by atomic mass is 9.78. The summed E-state index contributed by atoms with van der Waals surface area (Å²) in [7, 11) is 0. The van der Waals surface area contributed by atoms with Crippen LogP contribution in [0.25, 0.3) is 0 Å². The SMILES string of the molecule is OC(C1CCC1)C1CCCCCN1. The van der Waals surface area contributed by atoms with Crippen molar-refractivity contribution in [1.29, 1.82) is 0 Å². The third-order valence-electron chi connectivity index (χ3n) is 3.64. The fraction of sp³-hybridized carbons (Fsp3) is 1.00. The summed E-state index contributed by atoms with van der Waals surface area (Å²) in [5.41, 5.74) is 0. The van der Waals surface area contributed by atoms with Crippen LogP contribution in [0.1, 0.15) is 44.9 Å². The molecule has 1 aliphatic carbocycles. The van der Waals surface area contributed by atoms with E-state index in [0.29, 0.717) is 12.0 Å². The van der Waals surface area contributed by atoms with E-state index in [9.17, 15) is 5.11 Å². The fourth-order valence-corrected chi connectivity index (χ4v) is 2.46. The summed E-state index contributed by atoms with van der Waals surface area (Å²) in [6.45, 7) is 1.11. The van der Waals surface area contributed by atoms with Gasteiger partial charge in [0.05, 0.1) is 6.10 Å². The normalized spacial score (nSPS) is 33.5. The van der Waals surface area contributed by atoms with Crippen molar-refractivity contribution in [2.24, 2.45) is 5.92 Å². The molecule has 0 aromatic heterocycles. The molecule has 76 valence electrons. The van der Waals surface area contributed by atoms with Crippen molar-refractivity contribution in [2.45, 2.75) is 57.1 Å². The number of aliphatic hydroxyl groups excluding tert-OH is 1. The predicted octanol–water partition coefficient (Wildman–Crippen LogP) is 1.68. The molecule has 1 saturated carbocycles. The molecule has 2 heteroatoms. The van der Waals surface area contributed by atoms with Gasteiger partial charge in [-0.2, -0.15) is 0 Å². The monoisotopic (exact) mass is 183 g/mol. The number of hydrogen-bond acceptors (Lipinski definition) is 2. The van der Waals surface area contributed by atoms with E-state index in [1.54, 1.807) is 0 Å². The Hall–Kier alpha value is -0.0800. The minimum atomic E-state index is -0.0631. The molecule has 0 spiro atoms. The lowest BCUT2D eigenvalue weighted by molar-refractivity contribution is 0.0298. The van der Waals surface area contributed by atoms with Crippen LogP contribution < -0.4 is 5.32 Å². The van der Waals surface area contributed by atoms with Gasteiger partial charge in [0, 0.05) is 6.04 Å². The highest BCUT2D eigenvalue weighted by molar-refractivity contribution is 4.86. The minimum absolute atomic E-state index is 0.0631. The van der Waals surface area contributed by atoms with Crippen LogP contribution in [0, 0.1) is 5.92 Å². The zero-order chi connectivity index (χ0) is 9.10. The van der Waals surface area contributed by atoms with Gasteiger partial charge in [-0.1, -0.05) is 19.3 Å². The lowest BCUT2D eigenvalue weighted by Crippen LogP contribution is -2.45. The first-order valence-corrected chi connectivity index (χ1v) is 5.79. The summed E-state index contributed by atoms with van der Waals surface area (Å²) in [5.74, 6) is 0.607. The Balaban J connectivity index is 1.82. The molecule has 2 N–H and O–H groups in total. The number of hydrogen-bond donors (Lipinski definition) is 2. The van der Waals surface area contributed by atoms with Crippen molar-refractivity contribution in [3.8, 4) is 0 Å². The molecule has 0 radical (unpaired) electrons. The van der Waals surface area contributed by atoms with Crippen LogP contribution in [0.2, 0.25) is 0 Å². The Labute approximate surface area is 80.7 Å². The zero-order valence-corrected chi connectivity index (χ0v) is 8.34. The van der Waals surface area contributed by atoms with E-state index >= 15 is 0 Å². The quantitative estimate of drug-likeness (QED) is 0.682. The zero-order valence-electron chi connectivity index (χ0n) is 8.34. The molecule has 0 aromatic rings. The smallest absolute Gasteiger partial charge is 0.0721 e. The Kier molecular flexibility index (Phi) is 3.23. The van der Waals surface area contributed by atoms with Crippen LogP contribution in [0.15, 0.2) is 0 Å². The van der Waals surface area contributed by atoms with Gasteiger partial charge in [0.15, 0.2) is 0 Å². The molecule has 2 atom stereocenters. The van der Waals surface area contributed by atoms with Gasteiger partial charge < -0.3 is 10.4 Å². The van der Waals surface area contributed by atoms with Gasteiger partial charge in [-0.05, 0) is 38.1 Å². The molecule has 2 unspecified atom stereocenters. The standard InChI is InChI=1S/C11H21NO/c13-11(9-5-4-6-9)10-7-2-1-3-8-12-10/h9-13H,1-8H2. The van der Waals surface area contributed by atoms with E-state index in [-0.39, 0.29) is 6.10 Å². The van der Waals surface area contributed by atoms with Crippen molar-refractivity contribution in [2.75, 3.05) is 6.54 Å². The summed E-state index contributed by atoms with van der Waals surface area (Å²) >= 11 is 0. The van der Waals surface area contributed by atoms with Gasteiger partial charge in [-0.3, -0.25) is 0 Å². The first kappa shape index (κ1) is 9.47. The van der Waals surface area contributed by atoms with E-state index in [1.807, 2.05) is 0 Å². The lowest BCUT2D eigenvalue weighted by Gasteiger charge is -2.35. The van der Waals surface area contributed by atoms with Crippen molar-refractivity contribution >= 4 is 0 Å². The summed E-state index contributed by atoms with van der Waals surface area (Å²) in [5, 5.41) is 13.5. The van der Waals surface area contributed by atoms with E-state index in [2.05, 4.69) is 5.32 Å². The second-order valence-corrected chi connectivity index (χ2v) is 4.59. The van der Waals surface area contributed by atoms with Crippen LogP contribution in [0.5, 0.6) is 0 Å². The van der Waals surface area contributed by atoms with Gasteiger partial charge in [0.25, 0.3) is 0 Å². The Morgan fingerprint density at radius 1 is 1.00 bits per heavy atom. The van der Waals surface area contributed by atoms with Crippen LogP contribution in [-0.4, -0.2) is 23.8 Å². The van der Waals surface area contributed by atoms with Gasteiger partial charge in [-0.15, -0.1) is 0 Å². The third kappa shape index (κ3) is 2.23. The summed E-state index contributed by atoms with van der Waals surface area (Å²) in [6, 6.07) is 0.396. The summed E-state index contributed by atoms with van der Waals surface area (Å²) < 4.78 is 0. The maximum absolute atomic E-state index is 10.1. The molecule has 1 heterocycles. The van der Waals surface area contributed by atoms with Crippen LogP contribution in [0.3, 0.4) is 0 Å². The molecular formula is C11H21NO. The molecule has 2 aliphatic rings. The second kappa shape index (κ2) is 4.43. The molecule has 1 aliphatic heterocycles. The Bertz CT molecular complexity index is 148. The third-order valence-corrected chi connectivity index (χ3v) is 3.64. The highest BCUT2D eigenvalue weighted by Gasteiger charge is 2.31. The van der Waals surface area contributed by atoms with Gasteiger partial charge in [-0.25, -0.2) is 0 Å². The van der Waals surface area contributed by atoms with Gasteiger partial charge in [0.2, 0.25) is 0 Å². The fourth-order valence-electron chi connectivity index (χ4n) is 2.46. The number of rotatable bonds is 2. The molecule has 0 bridgehead atoms. The van der Waals surface area contributed by atoms with Gasteiger partial charge >= 0.3 is 0 Å². The average Bonchev–Trinajstić information content (AvgIpc) is 2.27.